The number of nitrogens with one attached hydrogen (secondary N) is 1. The summed E-state index contributed by atoms with van der Waals surface area (Å²) in [6, 6.07) is 6.65. The Hall–Kier alpha value is -3.38. The molecule has 1 aromatic heterocycles. The molecular formula is C24H28F5N3O5. The predicted molar refractivity (Wildman–Crippen MR) is 123 cm³/mol. The number of benzene rings is 1. The van der Waals surface area contributed by atoms with E-state index in [0.717, 1.165) is 31.5 Å². The number of amides is 2. The van der Waals surface area contributed by atoms with E-state index in [1.54, 1.807) is 6.07 Å². The molecule has 0 radical (unpaired) electrons. The highest BCUT2D eigenvalue weighted by atomic mass is 19.4. The zero-order valence-electron chi connectivity index (χ0n) is 19.8. The number of nitrogens with two attached hydrogens (primary N) is 1. The molecule has 13 heteroatoms. The standard InChI is InChI=1S/C22H27F2N3O3.C2HF3O2/c23-19(24)12-26-22(29)18-11-14-10-15(6-7-17(14)30-18)27-9-8-16(20(27)21(25)28)13-4-2-1-3-5-13;3-2(4,5)1(6)7/h6-7,10-11,13,16,19-20H,1-5,8-9,12H2,(H2,25,28)(H,26,29);(H,6,7)/t16-,20-;/m0./s1. The van der Waals surface area contributed by atoms with Crippen LogP contribution in [0.5, 0.6) is 0 Å². The molecule has 1 saturated carbocycles. The van der Waals surface area contributed by atoms with Crippen molar-refractivity contribution in [2.45, 2.75) is 57.2 Å². The van der Waals surface area contributed by atoms with Crippen LogP contribution in [-0.2, 0) is 9.59 Å². The molecule has 0 unspecified atom stereocenters. The van der Waals surface area contributed by atoms with Crippen LogP contribution in [0.25, 0.3) is 11.0 Å². The lowest BCUT2D eigenvalue weighted by Gasteiger charge is -2.33. The SMILES string of the molecule is NC(=O)[C@@H]1[C@H](C2CCCCC2)CCN1c1ccc2oc(C(=O)NCC(F)F)cc2c1.O=C(O)C(F)(F)F. The van der Waals surface area contributed by atoms with E-state index in [1.165, 1.54) is 25.3 Å². The number of carboxylic acid groups (broad SMARTS) is 1. The van der Waals surface area contributed by atoms with Crippen molar-refractivity contribution in [3.63, 3.8) is 0 Å². The zero-order chi connectivity index (χ0) is 27.3. The summed E-state index contributed by atoms with van der Waals surface area (Å²) >= 11 is 0. The van der Waals surface area contributed by atoms with Gasteiger partial charge in [0.2, 0.25) is 5.91 Å². The summed E-state index contributed by atoms with van der Waals surface area (Å²) in [7, 11) is 0. The van der Waals surface area contributed by atoms with Crippen molar-refractivity contribution in [2.75, 3.05) is 18.0 Å². The van der Waals surface area contributed by atoms with E-state index < -0.39 is 31.0 Å². The Morgan fingerprint density at radius 3 is 2.32 bits per heavy atom. The largest absolute Gasteiger partial charge is 0.490 e. The normalized spacial score (nSPS) is 20.5. The number of carbonyl (C=O) groups excluding carboxylic acids is 2. The van der Waals surface area contributed by atoms with E-state index in [-0.39, 0.29) is 23.6 Å². The highest BCUT2D eigenvalue weighted by Gasteiger charge is 2.42. The lowest BCUT2D eigenvalue weighted by molar-refractivity contribution is -0.192. The van der Waals surface area contributed by atoms with Gasteiger partial charge >= 0.3 is 12.1 Å². The van der Waals surface area contributed by atoms with Gasteiger partial charge in [-0.3, -0.25) is 9.59 Å². The molecule has 1 saturated heterocycles. The summed E-state index contributed by atoms with van der Waals surface area (Å²) in [5.41, 5.74) is 7.16. The number of carbonyl (C=O) groups is 3. The molecule has 8 nitrogen and oxygen atoms in total. The van der Waals surface area contributed by atoms with Crippen molar-refractivity contribution in [1.82, 2.24) is 5.32 Å². The van der Waals surface area contributed by atoms with Gasteiger partial charge in [0, 0.05) is 17.6 Å². The van der Waals surface area contributed by atoms with Gasteiger partial charge in [-0.05, 0) is 42.5 Å². The molecule has 0 spiro atoms. The third kappa shape index (κ3) is 7.10. The number of rotatable bonds is 6. The first-order chi connectivity index (χ1) is 17.4. The van der Waals surface area contributed by atoms with Crippen molar-refractivity contribution >= 4 is 34.4 Å². The monoisotopic (exact) mass is 533 g/mol. The van der Waals surface area contributed by atoms with Crippen molar-refractivity contribution in [1.29, 1.82) is 0 Å². The molecule has 2 atom stereocenters. The van der Waals surface area contributed by atoms with E-state index in [1.807, 2.05) is 12.1 Å². The quantitative estimate of drug-likeness (QED) is 0.475. The molecule has 1 aliphatic heterocycles. The average Bonchev–Trinajstić information content (AvgIpc) is 3.47. The van der Waals surface area contributed by atoms with Gasteiger partial charge in [-0.15, -0.1) is 0 Å². The Balaban J connectivity index is 0.000000479. The van der Waals surface area contributed by atoms with Gasteiger partial charge in [0.1, 0.15) is 11.6 Å². The summed E-state index contributed by atoms with van der Waals surface area (Å²) in [6.07, 6.45) is -0.779. The minimum absolute atomic E-state index is 0.0178. The molecule has 2 aromatic rings. The van der Waals surface area contributed by atoms with Crippen molar-refractivity contribution in [3.8, 4) is 0 Å². The van der Waals surface area contributed by atoms with Gasteiger partial charge in [0.15, 0.2) is 5.76 Å². The topological polar surface area (TPSA) is 126 Å². The Labute approximate surface area is 208 Å². The summed E-state index contributed by atoms with van der Waals surface area (Å²) in [4.78, 5) is 35.3. The lowest BCUT2D eigenvalue weighted by Crippen LogP contribution is -2.45. The number of anilines is 1. The molecule has 2 aliphatic rings. The van der Waals surface area contributed by atoms with Crippen molar-refractivity contribution in [2.24, 2.45) is 17.6 Å². The Morgan fingerprint density at radius 2 is 1.76 bits per heavy atom. The first kappa shape index (κ1) is 28.2. The Morgan fingerprint density at radius 1 is 1.11 bits per heavy atom. The molecule has 2 amide bonds. The number of furan rings is 1. The maximum absolute atomic E-state index is 12.4. The van der Waals surface area contributed by atoms with E-state index in [0.29, 0.717) is 16.9 Å². The number of halogens is 5. The first-order valence-electron chi connectivity index (χ1n) is 11.8. The molecule has 2 fully saturated rings. The van der Waals surface area contributed by atoms with Crippen LogP contribution in [0, 0.1) is 11.8 Å². The molecule has 0 bridgehead atoms. The highest BCUT2D eigenvalue weighted by molar-refractivity contribution is 5.97. The molecule has 37 heavy (non-hydrogen) atoms. The number of carboxylic acids is 1. The fourth-order valence-electron chi connectivity index (χ4n) is 5.10. The fraction of sp³-hybridized carbons (Fsp3) is 0.542. The fourth-order valence-corrected chi connectivity index (χ4v) is 5.10. The molecule has 204 valence electrons. The van der Waals surface area contributed by atoms with Gasteiger partial charge < -0.3 is 25.5 Å². The minimum atomic E-state index is -5.08. The number of hydrogen-bond donors (Lipinski definition) is 3. The molecular weight excluding hydrogens is 505 g/mol. The van der Waals surface area contributed by atoms with Crippen LogP contribution in [0.1, 0.15) is 49.1 Å². The second-order valence-corrected chi connectivity index (χ2v) is 9.13. The second kappa shape index (κ2) is 11.8. The summed E-state index contributed by atoms with van der Waals surface area (Å²) in [6.45, 7) is 0.0254. The van der Waals surface area contributed by atoms with E-state index >= 15 is 0 Å². The van der Waals surface area contributed by atoms with Gasteiger partial charge in [-0.25, -0.2) is 13.6 Å². The number of aliphatic carboxylic acids is 1. The summed E-state index contributed by atoms with van der Waals surface area (Å²) in [5, 5.41) is 9.94. The van der Waals surface area contributed by atoms with Crippen LogP contribution >= 0.6 is 0 Å². The number of hydrogen-bond acceptors (Lipinski definition) is 5. The predicted octanol–water partition coefficient (Wildman–Crippen LogP) is 4.32. The van der Waals surface area contributed by atoms with Gasteiger partial charge in [0.05, 0.1) is 6.54 Å². The lowest BCUT2D eigenvalue weighted by atomic mass is 9.76. The molecule has 4 rings (SSSR count). The maximum Gasteiger partial charge on any atom is 0.490 e. The minimum Gasteiger partial charge on any atom is -0.475 e. The van der Waals surface area contributed by atoms with Crippen molar-refractivity contribution in [3.05, 3.63) is 30.0 Å². The van der Waals surface area contributed by atoms with Crippen LogP contribution in [0.3, 0.4) is 0 Å². The summed E-state index contributed by atoms with van der Waals surface area (Å²) < 4.78 is 61.9. The molecule has 2 heterocycles. The van der Waals surface area contributed by atoms with E-state index in [2.05, 4.69) is 10.2 Å². The number of nitrogens with zero attached hydrogens (tertiary/aromatic N) is 1. The second-order valence-electron chi connectivity index (χ2n) is 9.13. The van der Waals surface area contributed by atoms with Crippen LogP contribution in [0.15, 0.2) is 28.7 Å². The van der Waals surface area contributed by atoms with Crippen LogP contribution < -0.4 is 16.0 Å². The van der Waals surface area contributed by atoms with Crippen LogP contribution in [-0.4, -0.2) is 54.6 Å². The van der Waals surface area contributed by atoms with Crippen LogP contribution in [0.2, 0.25) is 0 Å². The first-order valence-corrected chi connectivity index (χ1v) is 11.8. The average molecular weight is 533 g/mol. The van der Waals surface area contributed by atoms with Gasteiger partial charge in [-0.1, -0.05) is 32.1 Å². The zero-order valence-corrected chi connectivity index (χ0v) is 19.8. The number of alkyl halides is 5. The third-order valence-electron chi connectivity index (χ3n) is 6.71. The Bertz CT molecular complexity index is 1110. The van der Waals surface area contributed by atoms with Crippen LogP contribution in [0.4, 0.5) is 27.6 Å². The third-order valence-corrected chi connectivity index (χ3v) is 6.71. The molecule has 4 N–H and O–H groups in total. The van der Waals surface area contributed by atoms with Gasteiger partial charge in [-0.2, -0.15) is 13.2 Å². The summed E-state index contributed by atoms with van der Waals surface area (Å²) in [5.74, 6) is -2.96. The van der Waals surface area contributed by atoms with Gasteiger partial charge in [0.25, 0.3) is 12.3 Å². The molecule has 1 aromatic carbocycles. The smallest absolute Gasteiger partial charge is 0.475 e. The maximum atomic E-state index is 12.4. The number of fused-ring (bicyclic) bond motifs is 1. The van der Waals surface area contributed by atoms with E-state index in [9.17, 15) is 31.5 Å². The van der Waals surface area contributed by atoms with E-state index in [4.69, 9.17) is 20.1 Å². The van der Waals surface area contributed by atoms with Crippen molar-refractivity contribution < 1.29 is 45.9 Å². The highest BCUT2D eigenvalue weighted by Crippen LogP contribution is 2.41. The molecule has 1 aliphatic carbocycles. The number of primary amides is 1. The Kier molecular flexibility index (Phi) is 8.98.